The van der Waals surface area contributed by atoms with Gasteiger partial charge in [0.25, 0.3) is 6.08 Å². The van der Waals surface area contributed by atoms with Crippen LogP contribution in [0.4, 0.5) is 20.3 Å². The maximum absolute atomic E-state index is 13.9. The molecule has 4 N–H and O–H groups in total. The third-order valence-electron chi connectivity index (χ3n) is 7.92. The van der Waals surface area contributed by atoms with Crippen molar-refractivity contribution in [3.63, 3.8) is 0 Å². The van der Waals surface area contributed by atoms with Crippen LogP contribution in [-0.4, -0.2) is 54.2 Å². The van der Waals surface area contributed by atoms with Gasteiger partial charge in [0.15, 0.2) is 0 Å². The van der Waals surface area contributed by atoms with Crippen molar-refractivity contribution in [1.82, 2.24) is 19.6 Å². The summed E-state index contributed by atoms with van der Waals surface area (Å²) in [5, 5.41) is 2.81. The molecule has 4 rings (SSSR count). The Balaban J connectivity index is 0.00000506. The van der Waals surface area contributed by atoms with E-state index in [2.05, 4.69) is 20.0 Å². The Hall–Kier alpha value is -3.16. The highest BCUT2D eigenvalue weighted by molar-refractivity contribution is 7.89. The average Bonchev–Trinajstić information content (AvgIpc) is 3.52. The molecule has 1 aliphatic heterocycles. The van der Waals surface area contributed by atoms with Gasteiger partial charge in [0.2, 0.25) is 21.8 Å². The maximum Gasteiger partial charge on any atom is 0.269 e. The van der Waals surface area contributed by atoms with Crippen LogP contribution in [0.1, 0.15) is 81.9 Å². The Morgan fingerprint density at radius 3 is 2.42 bits per heavy atom. The number of hydrogen-bond acceptors (Lipinski definition) is 7. The van der Waals surface area contributed by atoms with Crippen LogP contribution in [0.3, 0.4) is 0 Å². The molecule has 1 aromatic carbocycles. The lowest BCUT2D eigenvalue weighted by Gasteiger charge is -2.31. The third kappa shape index (κ3) is 8.93. The van der Waals surface area contributed by atoms with Gasteiger partial charge in [-0.1, -0.05) is 31.9 Å². The molecule has 1 unspecified atom stereocenters. The smallest absolute Gasteiger partial charge is 0.269 e. The molecule has 2 amide bonds. The number of carbonyl (C=O) groups excluding carboxylic acids is 2. The van der Waals surface area contributed by atoms with Crippen LogP contribution < -0.4 is 15.8 Å². The van der Waals surface area contributed by atoms with Crippen LogP contribution in [0.25, 0.3) is 0 Å². The highest BCUT2D eigenvalue weighted by Crippen LogP contribution is 2.40. The highest BCUT2D eigenvalue weighted by Gasteiger charge is 2.33. The summed E-state index contributed by atoms with van der Waals surface area (Å²) in [6.07, 6.45) is 6.26. The van der Waals surface area contributed by atoms with Crippen LogP contribution in [-0.2, 0) is 26.0 Å². The van der Waals surface area contributed by atoms with E-state index in [4.69, 9.17) is 5.73 Å². The molecule has 1 aromatic heterocycles. The summed E-state index contributed by atoms with van der Waals surface area (Å²) < 4.78 is 56.7. The molecule has 1 aliphatic carbocycles. The van der Waals surface area contributed by atoms with Crippen LogP contribution >= 0.6 is 12.4 Å². The van der Waals surface area contributed by atoms with Crippen LogP contribution in [0.2, 0.25) is 0 Å². The first-order valence-electron chi connectivity index (χ1n) is 14.4. The van der Waals surface area contributed by atoms with E-state index >= 15 is 0 Å². The number of nitrogens with two attached hydrogens (primary N) is 1. The molecule has 10 nitrogen and oxygen atoms in total. The molecule has 1 atom stereocenters. The van der Waals surface area contributed by atoms with E-state index in [0.29, 0.717) is 18.5 Å². The number of nitrogen functional groups attached to an aromatic ring is 1. The van der Waals surface area contributed by atoms with Gasteiger partial charge in [0, 0.05) is 19.5 Å². The summed E-state index contributed by atoms with van der Waals surface area (Å²) in [5.74, 6) is -0.399. The maximum atomic E-state index is 13.9. The summed E-state index contributed by atoms with van der Waals surface area (Å²) >= 11 is 0. The first-order valence-corrected chi connectivity index (χ1v) is 15.9. The van der Waals surface area contributed by atoms with Crippen molar-refractivity contribution in [3.8, 4) is 0 Å². The van der Waals surface area contributed by atoms with Gasteiger partial charge in [0.05, 0.1) is 23.8 Å². The predicted octanol–water partition coefficient (Wildman–Crippen LogP) is 4.93. The fraction of sp³-hybridized carbons (Fsp3) is 0.517. The molecule has 2 heterocycles. The second-order valence-electron chi connectivity index (χ2n) is 10.8. The quantitative estimate of drug-likeness (QED) is 0.315. The number of anilines is 2. The lowest BCUT2D eigenvalue weighted by Crippen LogP contribution is -2.50. The topological polar surface area (TPSA) is 147 Å². The number of carbonyl (C=O) groups is 2. The van der Waals surface area contributed by atoms with E-state index in [9.17, 15) is 26.8 Å². The lowest BCUT2D eigenvalue weighted by atomic mass is 9.96. The van der Waals surface area contributed by atoms with Crippen molar-refractivity contribution < 1.29 is 26.8 Å². The molecule has 2 aliphatic rings. The summed E-state index contributed by atoms with van der Waals surface area (Å²) in [6.45, 7) is 1.83. The number of nitrogens with zero attached hydrogens (tertiary/aromatic N) is 3. The molecule has 1 saturated carbocycles. The molecule has 14 heteroatoms. The fourth-order valence-electron chi connectivity index (χ4n) is 5.58. The number of rotatable bonds is 11. The molecule has 0 radical (unpaired) electrons. The number of benzene rings is 1. The zero-order valence-electron chi connectivity index (χ0n) is 24.2. The number of sulfonamides is 1. The molecule has 2 fully saturated rings. The highest BCUT2D eigenvalue weighted by atomic mass is 35.5. The summed E-state index contributed by atoms with van der Waals surface area (Å²) in [5.41, 5.74) is 7.27. The van der Waals surface area contributed by atoms with E-state index < -0.39 is 28.1 Å². The Bertz CT molecular complexity index is 1400. The molecular weight excluding hydrogens is 602 g/mol. The minimum atomic E-state index is -4.29. The molecular formula is C29H39ClF2N6O4S. The monoisotopic (exact) mass is 640 g/mol. The number of likely N-dealkylation sites (tertiary alicyclic amines) is 1. The van der Waals surface area contributed by atoms with Crippen molar-refractivity contribution in [2.45, 2.75) is 88.0 Å². The normalized spacial score (nSPS) is 16.4. The van der Waals surface area contributed by atoms with Gasteiger partial charge in [-0.05, 0) is 68.1 Å². The zero-order chi connectivity index (χ0) is 30.3. The summed E-state index contributed by atoms with van der Waals surface area (Å²) in [6, 6.07) is 3.78. The number of piperidine rings is 1. The lowest BCUT2D eigenvalue weighted by molar-refractivity contribution is -0.133. The zero-order valence-corrected chi connectivity index (χ0v) is 25.8. The van der Waals surface area contributed by atoms with Gasteiger partial charge < -0.3 is 16.0 Å². The average molecular weight is 641 g/mol. The second-order valence-corrected chi connectivity index (χ2v) is 12.5. The minimum Gasteiger partial charge on any atom is -0.382 e. The first kappa shape index (κ1) is 34.3. The number of halogens is 3. The first-order chi connectivity index (χ1) is 20.1. The minimum absolute atomic E-state index is 0. The number of amides is 2. The van der Waals surface area contributed by atoms with Gasteiger partial charge in [-0.2, -0.15) is 13.5 Å². The number of para-hydroxylation sites is 1. The van der Waals surface area contributed by atoms with E-state index in [-0.39, 0.29) is 85.0 Å². The van der Waals surface area contributed by atoms with Gasteiger partial charge in [-0.3, -0.25) is 14.6 Å². The van der Waals surface area contributed by atoms with Crippen molar-refractivity contribution in [1.29, 1.82) is 0 Å². The SMILES string of the molecule is CCC(=O)Nc1c(C2CCCC2)cccc1S(=O)(=O)NC(CCCc1cnc(N)cn1)C(=O)N1CCC(=C(F)F)CC1.Cl. The van der Waals surface area contributed by atoms with E-state index in [0.717, 1.165) is 31.2 Å². The number of nitrogens with one attached hydrogen (secondary N) is 2. The van der Waals surface area contributed by atoms with E-state index in [1.54, 1.807) is 13.0 Å². The number of aryl methyl sites for hydroxylation is 1. The van der Waals surface area contributed by atoms with Gasteiger partial charge in [-0.25, -0.2) is 13.4 Å². The molecule has 0 bridgehead atoms. The Morgan fingerprint density at radius 1 is 1.12 bits per heavy atom. The number of aromatic nitrogens is 2. The fourth-order valence-corrected chi connectivity index (χ4v) is 7.00. The van der Waals surface area contributed by atoms with Crippen molar-refractivity contribution in [3.05, 3.63) is 53.5 Å². The van der Waals surface area contributed by atoms with E-state index in [1.165, 1.54) is 23.4 Å². The Labute approximate surface area is 257 Å². The van der Waals surface area contributed by atoms with E-state index in [1.807, 2.05) is 6.07 Å². The van der Waals surface area contributed by atoms with Crippen LogP contribution in [0.5, 0.6) is 0 Å². The Morgan fingerprint density at radius 2 is 1.81 bits per heavy atom. The number of hydrogen-bond donors (Lipinski definition) is 3. The molecule has 0 spiro atoms. The van der Waals surface area contributed by atoms with Crippen molar-refractivity contribution >= 4 is 45.7 Å². The molecule has 2 aromatic rings. The third-order valence-corrected chi connectivity index (χ3v) is 9.43. The predicted molar refractivity (Wildman–Crippen MR) is 162 cm³/mol. The van der Waals surface area contributed by atoms with Gasteiger partial charge >= 0.3 is 0 Å². The standard InChI is InChI=1S/C29H38F2N6O4S.ClH/c1-2-26(38)35-27-22(19-7-3-4-8-19)10-6-12-24(27)42(40,41)36-23(11-5-9-21-17-34-25(32)18-33-21)29(39)37-15-13-20(14-16-37)28(30)31;/h6,10,12,17-19,23,36H,2-5,7-9,11,13-16H2,1H3,(H2,32,34)(H,35,38);1H. The van der Waals surface area contributed by atoms with Crippen molar-refractivity contribution in [2.75, 3.05) is 24.1 Å². The van der Waals surface area contributed by atoms with Crippen LogP contribution in [0.15, 0.2) is 47.1 Å². The molecule has 43 heavy (non-hydrogen) atoms. The van der Waals surface area contributed by atoms with Gasteiger partial charge in [-0.15, -0.1) is 12.4 Å². The van der Waals surface area contributed by atoms with Crippen molar-refractivity contribution in [2.24, 2.45) is 0 Å². The summed E-state index contributed by atoms with van der Waals surface area (Å²) in [7, 11) is -4.29. The van der Waals surface area contributed by atoms with Crippen LogP contribution in [0, 0.1) is 0 Å². The second kappa shape index (κ2) is 15.5. The van der Waals surface area contributed by atoms with Gasteiger partial charge in [0.1, 0.15) is 16.8 Å². The molecule has 1 saturated heterocycles. The summed E-state index contributed by atoms with van der Waals surface area (Å²) in [4.78, 5) is 35.7. The molecule has 236 valence electrons. The largest absolute Gasteiger partial charge is 0.382 e. The Kier molecular flexibility index (Phi) is 12.4.